The third-order valence-corrected chi connectivity index (χ3v) is 4.43. The highest BCUT2D eigenvalue weighted by Crippen LogP contribution is 2.16. The van der Waals surface area contributed by atoms with Crippen molar-refractivity contribution in [2.45, 2.75) is 32.7 Å². The number of aliphatic imine (C=N–C) groups is 1. The maximum atomic E-state index is 11.4. The molecule has 0 aromatic carbocycles. The van der Waals surface area contributed by atoms with Crippen LogP contribution in [-0.4, -0.2) is 71.0 Å². The molecule has 22 heavy (non-hydrogen) atoms. The Morgan fingerprint density at radius 3 is 2.68 bits per heavy atom. The van der Waals surface area contributed by atoms with Crippen LogP contribution >= 0.6 is 0 Å². The molecule has 1 rings (SSSR count). The zero-order chi connectivity index (χ0) is 16.8. The van der Waals surface area contributed by atoms with Crippen LogP contribution < -0.4 is 10.0 Å². The molecular formula is C14H30N4O3S. The predicted octanol–water partition coefficient (Wildman–Crippen LogP) is 0.248. The molecule has 1 fully saturated rings. The minimum absolute atomic E-state index is 0.472. The van der Waals surface area contributed by atoms with Crippen LogP contribution in [0.1, 0.15) is 27.2 Å². The zero-order valence-corrected chi connectivity index (χ0v) is 15.2. The Morgan fingerprint density at radius 2 is 2.14 bits per heavy atom. The van der Waals surface area contributed by atoms with Gasteiger partial charge in [-0.3, -0.25) is 4.99 Å². The summed E-state index contributed by atoms with van der Waals surface area (Å²) in [6, 6.07) is 0. The Balaban J connectivity index is 2.50. The van der Waals surface area contributed by atoms with Gasteiger partial charge in [0.2, 0.25) is 10.0 Å². The zero-order valence-electron chi connectivity index (χ0n) is 14.3. The lowest BCUT2D eigenvalue weighted by atomic mass is 10.1. The lowest BCUT2D eigenvalue weighted by Gasteiger charge is -2.29. The van der Waals surface area contributed by atoms with E-state index < -0.39 is 15.6 Å². The summed E-state index contributed by atoms with van der Waals surface area (Å²) in [5, 5.41) is 3.26. The number of nitrogens with zero attached hydrogens (tertiary/aromatic N) is 2. The fourth-order valence-corrected chi connectivity index (χ4v) is 3.69. The van der Waals surface area contributed by atoms with E-state index in [1.807, 2.05) is 20.8 Å². The largest absolute Gasteiger partial charge is 0.381 e. The molecule has 1 atom stereocenters. The van der Waals surface area contributed by atoms with Crippen molar-refractivity contribution in [3.05, 3.63) is 0 Å². The van der Waals surface area contributed by atoms with E-state index in [1.165, 1.54) is 6.26 Å². The summed E-state index contributed by atoms with van der Waals surface area (Å²) >= 11 is 0. The number of rotatable bonds is 7. The second kappa shape index (κ2) is 8.12. The quantitative estimate of drug-likeness (QED) is 0.515. The molecule has 2 N–H and O–H groups in total. The first-order valence-electron chi connectivity index (χ1n) is 7.69. The van der Waals surface area contributed by atoms with Gasteiger partial charge in [0.25, 0.3) is 0 Å². The van der Waals surface area contributed by atoms with Gasteiger partial charge in [-0.15, -0.1) is 0 Å². The first-order valence-corrected chi connectivity index (χ1v) is 9.58. The van der Waals surface area contributed by atoms with Gasteiger partial charge in [0.1, 0.15) is 0 Å². The van der Waals surface area contributed by atoms with Crippen molar-refractivity contribution >= 4 is 16.0 Å². The first-order chi connectivity index (χ1) is 10.2. The molecule has 0 bridgehead atoms. The second-order valence-electron chi connectivity index (χ2n) is 6.42. The smallest absolute Gasteiger partial charge is 0.209 e. The highest BCUT2D eigenvalue weighted by atomic mass is 32.2. The average molecular weight is 334 g/mol. The van der Waals surface area contributed by atoms with Crippen LogP contribution in [0.5, 0.6) is 0 Å². The lowest BCUT2D eigenvalue weighted by Crippen LogP contribution is -2.53. The summed E-state index contributed by atoms with van der Waals surface area (Å²) in [6.45, 7) is 9.55. The number of hydrogen-bond acceptors (Lipinski definition) is 4. The van der Waals surface area contributed by atoms with E-state index in [4.69, 9.17) is 4.74 Å². The van der Waals surface area contributed by atoms with Gasteiger partial charge in [0.15, 0.2) is 5.96 Å². The van der Waals surface area contributed by atoms with E-state index in [-0.39, 0.29) is 0 Å². The van der Waals surface area contributed by atoms with E-state index >= 15 is 0 Å². The van der Waals surface area contributed by atoms with Gasteiger partial charge in [-0.25, -0.2) is 13.1 Å². The van der Waals surface area contributed by atoms with Crippen molar-refractivity contribution in [2.75, 3.05) is 46.2 Å². The van der Waals surface area contributed by atoms with Crippen molar-refractivity contribution in [1.29, 1.82) is 0 Å². The summed E-state index contributed by atoms with van der Waals surface area (Å²) in [5.41, 5.74) is -0.575. The fourth-order valence-electron chi connectivity index (χ4n) is 2.62. The molecule has 7 nitrogen and oxygen atoms in total. The van der Waals surface area contributed by atoms with E-state index in [0.29, 0.717) is 12.5 Å². The monoisotopic (exact) mass is 334 g/mol. The first kappa shape index (κ1) is 19.2. The van der Waals surface area contributed by atoms with Crippen molar-refractivity contribution in [3.63, 3.8) is 0 Å². The van der Waals surface area contributed by atoms with Gasteiger partial charge in [-0.2, -0.15) is 0 Å². The van der Waals surface area contributed by atoms with Crippen molar-refractivity contribution in [2.24, 2.45) is 10.9 Å². The highest BCUT2D eigenvalue weighted by Gasteiger charge is 2.27. The second-order valence-corrected chi connectivity index (χ2v) is 8.17. The maximum Gasteiger partial charge on any atom is 0.209 e. The molecule has 0 aliphatic carbocycles. The number of ether oxygens (including phenoxy) is 1. The van der Waals surface area contributed by atoms with Crippen LogP contribution in [0.25, 0.3) is 0 Å². The third-order valence-electron chi connectivity index (χ3n) is 3.50. The van der Waals surface area contributed by atoms with Crippen LogP contribution in [0.15, 0.2) is 4.99 Å². The molecule has 0 aromatic heterocycles. The van der Waals surface area contributed by atoms with E-state index in [0.717, 1.165) is 38.7 Å². The number of hydrogen-bond donors (Lipinski definition) is 2. The predicted molar refractivity (Wildman–Crippen MR) is 89.6 cm³/mol. The maximum absolute atomic E-state index is 11.4. The topological polar surface area (TPSA) is 83.0 Å². The summed E-state index contributed by atoms with van der Waals surface area (Å²) < 4.78 is 30.8. The standard InChI is InChI=1S/C14H30N4O3S/c1-6-21-10-12-7-8-18(9-12)13(15-4)16-11-14(2,3)17-22(5,19)20/h12,17H,6-11H2,1-5H3,(H,15,16). The Kier molecular flexibility index (Phi) is 7.08. The Hall–Kier alpha value is -0.860. The molecular weight excluding hydrogens is 304 g/mol. The summed E-state index contributed by atoms with van der Waals surface area (Å²) in [5.74, 6) is 1.34. The van der Waals surface area contributed by atoms with Gasteiger partial charge >= 0.3 is 0 Å². The van der Waals surface area contributed by atoms with Gasteiger partial charge < -0.3 is 15.0 Å². The van der Waals surface area contributed by atoms with Gasteiger partial charge in [-0.05, 0) is 27.2 Å². The van der Waals surface area contributed by atoms with Crippen LogP contribution in [0.4, 0.5) is 0 Å². The Morgan fingerprint density at radius 1 is 1.45 bits per heavy atom. The third kappa shape index (κ3) is 6.93. The lowest BCUT2D eigenvalue weighted by molar-refractivity contribution is 0.114. The summed E-state index contributed by atoms with van der Waals surface area (Å²) in [6.07, 6.45) is 2.26. The van der Waals surface area contributed by atoms with Crippen LogP contribution in [0.2, 0.25) is 0 Å². The molecule has 130 valence electrons. The molecule has 1 aliphatic heterocycles. The SMILES string of the molecule is CCOCC1CCN(C(=NC)NCC(C)(C)NS(C)(=O)=O)C1. The van der Waals surface area contributed by atoms with E-state index in [2.05, 4.69) is 19.9 Å². The van der Waals surface area contributed by atoms with Gasteiger partial charge in [0, 0.05) is 44.7 Å². The summed E-state index contributed by atoms with van der Waals surface area (Å²) in [4.78, 5) is 6.49. The molecule has 0 radical (unpaired) electrons. The number of sulfonamides is 1. The Bertz CT molecular complexity index is 476. The van der Waals surface area contributed by atoms with Crippen LogP contribution in [-0.2, 0) is 14.8 Å². The molecule has 0 saturated carbocycles. The minimum atomic E-state index is -3.23. The fraction of sp³-hybridized carbons (Fsp3) is 0.929. The average Bonchev–Trinajstić information content (AvgIpc) is 2.83. The molecule has 0 amide bonds. The molecule has 8 heteroatoms. The van der Waals surface area contributed by atoms with Gasteiger partial charge in [-0.1, -0.05) is 0 Å². The van der Waals surface area contributed by atoms with Crippen molar-refractivity contribution in [1.82, 2.24) is 14.9 Å². The van der Waals surface area contributed by atoms with Gasteiger partial charge in [0.05, 0.1) is 12.9 Å². The van der Waals surface area contributed by atoms with E-state index in [9.17, 15) is 8.42 Å². The molecule has 1 heterocycles. The number of guanidine groups is 1. The molecule has 1 aliphatic rings. The van der Waals surface area contributed by atoms with Crippen molar-refractivity contribution in [3.8, 4) is 0 Å². The van der Waals surface area contributed by atoms with Crippen molar-refractivity contribution < 1.29 is 13.2 Å². The molecule has 1 saturated heterocycles. The number of likely N-dealkylation sites (tertiary alicyclic amines) is 1. The molecule has 0 aromatic rings. The van der Waals surface area contributed by atoms with Crippen LogP contribution in [0, 0.1) is 5.92 Å². The van der Waals surface area contributed by atoms with E-state index in [1.54, 1.807) is 7.05 Å². The highest BCUT2D eigenvalue weighted by molar-refractivity contribution is 7.88. The number of nitrogens with one attached hydrogen (secondary N) is 2. The summed E-state index contributed by atoms with van der Waals surface area (Å²) in [7, 11) is -1.49. The molecule has 1 unspecified atom stereocenters. The molecule has 0 spiro atoms. The minimum Gasteiger partial charge on any atom is -0.381 e. The normalized spacial score (nSPS) is 20.5. The Labute approximate surface area is 134 Å². The van der Waals surface area contributed by atoms with Crippen LogP contribution in [0.3, 0.4) is 0 Å².